The Morgan fingerprint density at radius 1 is 0.925 bits per heavy atom. The van der Waals surface area contributed by atoms with Crippen molar-refractivity contribution in [3.8, 4) is 11.3 Å². The van der Waals surface area contributed by atoms with Crippen LogP contribution in [0.15, 0.2) is 83.4 Å². The fourth-order valence-corrected chi connectivity index (χ4v) is 7.51. The molecule has 8 rings (SSSR count). The van der Waals surface area contributed by atoms with Crippen LogP contribution in [0.25, 0.3) is 11.3 Å². The standard InChI is InChI=1S/C40H34ClF2N5O5/c1-23-17-29(36(44-20-23)47-21-40(22-47)12-15-52-16-13-40)37(49)45-27-8-5-24(6-9-27)39(51)48-14-11-25-18-33(38(50)46-34-30(41)3-2-4-31(34)43)53-35(25)28-10-7-26(42)19-32(28)48/h2-10,17-20H,11-16,21-22H2,1H3,(H,45,49)(H,46,50). The third-order valence-corrected chi connectivity index (χ3v) is 10.4. The molecule has 0 unspecified atom stereocenters. The number of aryl methyl sites for hydroxylation is 1. The number of ether oxygens (including phenoxy) is 1. The topological polar surface area (TPSA) is 117 Å². The van der Waals surface area contributed by atoms with E-state index >= 15 is 0 Å². The highest BCUT2D eigenvalue weighted by atomic mass is 35.5. The highest BCUT2D eigenvalue weighted by Crippen LogP contribution is 2.43. The van der Waals surface area contributed by atoms with Gasteiger partial charge in [-0.25, -0.2) is 13.8 Å². The number of nitrogens with one attached hydrogen (secondary N) is 2. The molecule has 2 saturated heterocycles. The van der Waals surface area contributed by atoms with E-state index in [0.29, 0.717) is 39.5 Å². The Labute approximate surface area is 308 Å². The molecule has 2 aromatic heterocycles. The molecule has 13 heteroatoms. The Bertz CT molecular complexity index is 2240. The average molecular weight is 738 g/mol. The largest absolute Gasteiger partial charge is 0.451 e. The van der Waals surface area contributed by atoms with Gasteiger partial charge in [0.05, 0.1) is 22.0 Å². The van der Waals surface area contributed by atoms with Crippen molar-refractivity contribution in [1.29, 1.82) is 0 Å². The SMILES string of the molecule is Cc1cnc(N2CC3(CCOCC3)C2)c(C(=O)Nc2ccc(C(=O)N3CCc4cc(C(=O)Nc5c(F)cccc5Cl)oc4-c4ccc(F)cc43)cc2)c1. The highest BCUT2D eigenvalue weighted by Gasteiger charge is 2.45. The molecule has 3 aromatic carbocycles. The fraction of sp³-hybridized carbons (Fsp3) is 0.250. The van der Waals surface area contributed by atoms with Gasteiger partial charge in [0.1, 0.15) is 23.2 Å². The van der Waals surface area contributed by atoms with E-state index in [1.807, 2.05) is 13.0 Å². The number of para-hydroxylation sites is 1. The van der Waals surface area contributed by atoms with E-state index in [1.54, 1.807) is 30.5 Å². The quantitative estimate of drug-likeness (QED) is 0.182. The third-order valence-electron chi connectivity index (χ3n) is 10.1. The molecule has 5 heterocycles. The fourth-order valence-electron chi connectivity index (χ4n) is 7.30. The van der Waals surface area contributed by atoms with Gasteiger partial charge < -0.3 is 29.6 Å². The van der Waals surface area contributed by atoms with Crippen LogP contribution in [0, 0.1) is 24.0 Å². The first kappa shape index (κ1) is 34.5. The molecule has 0 bridgehead atoms. The van der Waals surface area contributed by atoms with Gasteiger partial charge in [-0.1, -0.05) is 17.7 Å². The summed E-state index contributed by atoms with van der Waals surface area (Å²) in [6.45, 7) is 5.20. The second-order valence-electron chi connectivity index (χ2n) is 13.8. The lowest BCUT2D eigenvalue weighted by Crippen LogP contribution is -2.59. The number of hydrogen-bond acceptors (Lipinski definition) is 7. The third kappa shape index (κ3) is 6.64. The normalized spacial score (nSPS) is 15.9. The summed E-state index contributed by atoms with van der Waals surface area (Å²) >= 11 is 6.08. The van der Waals surface area contributed by atoms with Crippen molar-refractivity contribution in [2.75, 3.05) is 53.3 Å². The number of rotatable bonds is 6. The molecule has 2 N–H and O–H groups in total. The van der Waals surface area contributed by atoms with Crippen molar-refractivity contribution in [2.45, 2.75) is 26.2 Å². The number of nitrogens with zero attached hydrogens (tertiary/aromatic N) is 3. The molecule has 3 aliphatic rings. The van der Waals surface area contributed by atoms with E-state index < -0.39 is 23.4 Å². The molecule has 0 radical (unpaired) electrons. The summed E-state index contributed by atoms with van der Waals surface area (Å²) in [7, 11) is 0. The monoisotopic (exact) mass is 737 g/mol. The predicted molar refractivity (Wildman–Crippen MR) is 197 cm³/mol. The maximum atomic E-state index is 14.7. The molecular weight excluding hydrogens is 704 g/mol. The van der Waals surface area contributed by atoms with Gasteiger partial charge in [0, 0.05) is 66.8 Å². The van der Waals surface area contributed by atoms with Gasteiger partial charge in [-0.05, 0) is 98.5 Å². The van der Waals surface area contributed by atoms with Crippen LogP contribution in [0.2, 0.25) is 5.02 Å². The van der Waals surface area contributed by atoms with Gasteiger partial charge in [-0.15, -0.1) is 0 Å². The minimum Gasteiger partial charge on any atom is -0.451 e. The van der Waals surface area contributed by atoms with E-state index in [2.05, 4.69) is 20.5 Å². The Morgan fingerprint density at radius 3 is 2.45 bits per heavy atom. The summed E-state index contributed by atoms with van der Waals surface area (Å²) in [6.07, 6.45) is 4.04. The van der Waals surface area contributed by atoms with E-state index in [-0.39, 0.29) is 46.4 Å². The minimum absolute atomic E-state index is 0.0282. The van der Waals surface area contributed by atoms with Gasteiger partial charge in [0.25, 0.3) is 17.7 Å². The van der Waals surface area contributed by atoms with Gasteiger partial charge in [0.15, 0.2) is 5.76 Å². The number of aromatic nitrogens is 1. The summed E-state index contributed by atoms with van der Waals surface area (Å²) in [4.78, 5) is 48.8. The first-order valence-electron chi connectivity index (χ1n) is 17.3. The van der Waals surface area contributed by atoms with Crippen molar-refractivity contribution in [1.82, 2.24) is 4.98 Å². The Morgan fingerprint density at radius 2 is 1.70 bits per heavy atom. The van der Waals surface area contributed by atoms with Gasteiger partial charge in [-0.2, -0.15) is 0 Å². The second-order valence-corrected chi connectivity index (χ2v) is 14.2. The number of pyridine rings is 1. The lowest BCUT2D eigenvalue weighted by atomic mass is 9.73. The highest BCUT2D eigenvalue weighted by molar-refractivity contribution is 6.34. The molecular formula is C40H34ClF2N5O5. The van der Waals surface area contributed by atoms with Crippen molar-refractivity contribution in [3.05, 3.63) is 124 Å². The van der Waals surface area contributed by atoms with E-state index in [0.717, 1.165) is 44.7 Å². The first-order valence-corrected chi connectivity index (χ1v) is 17.7. The Balaban J connectivity index is 0.991. The van der Waals surface area contributed by atoms with E-state index in [9.17, 15) is 23.2 Å². The van der Waals surface area contributed by atoms with Crippen molar-refractivity contribution in [2.24, 2.45) is 5.41 Å². The summed E-state index contributed by atoms with van der Waals surface area (Å²) in [6, 6.07) is 17.9. The Kier molecular flexibility index (Phi) is 8.95. The molecule has 1 spiro atoms. The molecule has 2 fully saturated rings. The smallest absolute Gasteiger partial charge is 0.291 e. The lowest BCUT2D eigenvalue weighted by Gasteiger charge is -2.53. The number of carbonyl (C=O) groups is 3. The van der Waals surface area contributed by atoms with Crippen LogP contribution in [-0.2, 0) is 11.2 Å². The molecule has 0 atom stereocenters. The number of amides is 3. The summed E-state index contributed by atoms with van der Waals surface area (Å²) < 4.78 is 40.6. The summed E-state index contributed by atoms with van der Waals surface area (Å²) in [5, 5.41) is 5.43. The number of furan rings is 1. The summed E-state index contributed by atoms with van der Waals surface area (Å²) in [5.41, 5.74) is 3.47. The van der Waals surface area contributed by atoms with Gasteiger partial charge >= 0.3 is 0 Å². The van der Waals surface area contributed by atoms with Crippen LogP contribution in [0.3, 0.4) is 0 Å². The van der Waals surface area contributed by atoms with Gasteiger partial charge in [-0.3, -0.25) is 14.4 Å². The zero-order valence-corrected chi connectivity index (χ0v) is 29.4. The van der Waals surface area contributed by atoms with Crippen LogP contribution in [0.5, 0.6) is 0 Å². The second kappa shape index (κ2) is 13.8. The average Bonchev–Trinajstić information content (AvgIpc) is 3.51. The molecule has 5 aromatic rings. The number of hydrogen-bond donors (Lipinski definition) is 2. The van der Waals surface area contributed by atoms with E-state index in [4.69, 9.17) is 20.8 Å². The number of anilines is 4. The molecule has 3 amide bonds. The number of benzene rings is 3. The zero-order chi connectivity index (χ0) is 36.9. The summed E-state index contributed by atoms with van der Waals surface area (Å²) in [5.74, 6) is -1.83. The van der Waals surface area contributed by atoms with Crippen LogP contribution < -0.4 is 20.4 Å². The Hall–Kier alpha value is -5.59. The number of carbonyl (C=O) groups excluding carboxylic acids is 3. The van der Waals surface area contributed by atoms with Crippen LogP contribution in [0.1, 0.15) is 55.2 Å². The maximum absolute atomic E-state index is 14.7. The van der Waals surface area contributed by atoms with Gasteiger partial charge in [0.2, 0.25) is 0 Å². The van der Waals surface area contributed by atoms with Crippen molar-refractivity contribution >= 4 is 52.2 Å². The van der Waals surface area contributed by atoms with Crippen molar-refractivity contribution in [3.63, 3.8) is 0 Å². The first-order chi connectivity index (χ1) is 25.6. The molecule has 3 aliphatic heterocycles. The molecule has 53 heavy (non-hydrogen) atoms. The van der Waals surface area contributed by atoms with E-state index in [1.165, 1.54) is 47.4 Å². The van der Waals surface area contributed by atoms with Crippen LogP contribution in [0.4, 0.5) is 31.7 Å². The zero-order valence-electron chi connectivity index (χ0n) is 28.7. The molecule has 270 valence electrons. The number of halogens is 3. The molecule has 10 nitrogen and oxygen atoms in total. The predicted octanol–water partition coefficient (Wildman–Crippen LogP) is 7.91. The minimum atomic E-state index is -0.715. The number of fused-ring (bicyclic) bond motifs is 3. The maximum Gasteiger partial charge on any atom is 0.291 e. The van der Waals surface area contributed by atoms with Crippen molar-refractivity contribution < 1.29 is 32.3 Å². The van der Waals surface area contributed by atoms with Crippen LogP contribution >= 0.6 is 11.6 Å². The molecule has 0 aliphatic carbocycles. The van der Waals surface area contributed by atoms with Crippen LogP contribution in [-0.4, -0.2) is 55.6 Å². The lowest BCUT2D eigenvalue weighted by molar-refractivity contribution is -0.000511. The molecule has 0 saturated carbocycles.